The minimum Gasteiger partial charge on any atom is -0.480 e. The summed E-state index contributed by atoms with van der Waals surface area (Å²) in [5, 5.41) is 22.1. The van der Waals surface area contributed by atoms with Gasteiger partial charge in [-0.3, -0.25) is 24.6 Å². The fourth-order valence-corrected chi connectivity index (χ4v) is 8.08. The molecule has 0 radical (unpaired) electrons. The van der Waals surface area contributed by atoms with Gasteiger partial charge in [0.25, 0.3) is 5.09 Å². The third-order valence-corrected chi connectivity index (χ3v) is 10.3. The second-order valence-electron chi connectivity index (χ2n) is 9.79. The number of Topliss-reactive ketones (excluding diaryl/α,β-unsaturated/α-hetero) is 1. The van der Waals surface area contributed by atoms with E-state index in [0.717, 1.165) is 17.1 Å². The molecule has 3 atom stereocenters. The maximum absolute atomic E-state index is 13.2. The van der Waals surface area contributed by atoms with Gasteiger partial charge in [0.05, 0.1) is 29.9 Å². The number of thioether (sulfide) groups is 2. The van der Waals surface area contributed by atoms with Crippen molar-refractivity contribution in [3.63, 3.8) is 0 Å². The molecule has 2 aliphatic rings. The molecular weight excluding hydrogens is 546 g/mol. The van der Waals surface area contributed by atoms with Crippen LogP contribution in [0.3, 0.4) is 0 Å². The van der Waals surface area contributed by atoms with E-state index >= 15 is 0 Å². The van der Waals surface area contributed by atoms with E-state index in [1.54, 1.807) is 6.92 Å². The zero-order chi connectivity index (χ0) is 28.3. The molecule has 0 saturated carbocycles. The van der Waals surface area contributed by atoms with Crippen molar-refractivity contribution in [3.8, 4) is 0 Å². The van der Waals surface area contributed by atoms with Crippen molar-refractivity contribution in [1.29, 1.82) is 0 Å². The standard InChI is InChI=1S/C26H37N3O8S2/c1-19(27-21(24(31)32)11-10-20-8-4-2-5-9-20)23(30)17-28-18-26(38-14-15-39-26)16-22(28)25(33)36-12-6-3-7-13-37-29(34)35/h2,4-5,8-9,19,21-22,27H,3,6-7,10-18H2,1H3,(H,31,32). The lowest BCUT2D eigenvalue weighted by atomic mass is 10.0. The first-order valence-electron chi connectivity index (χ1n) is 13.2. The van der Waals surface area contributed by atoms with Gasteiger partial charge in [0.1, 0.15) is 12.1 Å². The molecule has 0 amide bonds. The number of hydrogen-bond acceptors (Lipinski definition) is 11. The van der Waals surface area contributed by atoms with Crippen molar-refractivity contribution >= 4 is 41.2 Å². The monoisotopic (exact) mass is 583 g/mol. The Balaban J connectivity index is 1.51. The molecule has 2 aliphatic heterocycles. The average Bonchev–Trinajstić information content (AvgIpc) is 3.51. The molecule has 11 nitrogen and oxygen atoms in total. The number of aryl methyl sites for hydroxylation is 1. The molecule has 2 fully saturated rings. The number of nitrogens with one attached hydrogen (secondary N) is 1. The van der Waals surface area contributed by atoms with Crippen LogP contribution in [0.2, 0.25) is 0 Å². The molecule has 0 aromatic heterocycles. The molecular formula is C26H37N3O8S2. The van der Waals surface area contributed by atoms with Gasteiger partial charge in [-0.2, -0.15) is 0 Å². The number of ketones is 1. The van der Waals surface area contributed by atoms with E-state index in [1.165, 1.54) is 0 Å². The smallest absolute Gasteiger partial charge is 0.323 e. The number of esters is 1. The van der Waals surface area contributed by atoms with E-state index in [-0.39, 0.29) is 35.6 Å². The van der Waals surface area contributed by atoms with Gasteiger partial charge in [0, 0.05) is 18.1 Å². The summed E-state index contributed by atoms with van der Waals surface area (Å²) < 4.78 is 5.37. The van der Waals surface area contributed by atoms with E-state index in [4.69, 9.17) is 4.74 Å². The number of carbonyl (C=O) groups excluding carboxylic acids is 2. The summed E-state index contributed by atoms with van der Waals surface area (Å²) >= 11 is 3.62. The maximum atomic E-state index is 13.2. The number of rotatable bonds is 17. The minimum absolute atomic E-state index is 0.0115. The van der Waals surface area contributed by atoms with Crippen molar-refractivity contribution < 1.29 is 34.2 Å². The third kappa shape index (κ3) is 9.96. The second-order valence-corrected chi connectivity index (χ2v) is 13.0. The summed E-state index contributed by atoms with van der Waals surface area (Å²) in [5.41, 5.74) is 1.03. The fourth-order valence-electron chi connectivity index (χ4n) is 4.77. The molecule has 1 spiro atoms. The zero-order valence-corrected chi connectivity index (χ0v) is 23.8. The van der Waals surface area contributed by atoms with Crippen LogP contribution in [0.25, 0.3) is 0 Å². The summed E-state index contributed by atoms with van der Waals surface area (Å²) in [4.78, 5) is 54.4. The molecule has 3 unspecified atom stereocenters. The van der Waals surface area contributed by atoms with Gasteiger partial charge >= 0.3 is 11.9 Å². The number of carbonyl (C=O) groups is 3. The number of aliphatic carboxylic acids is 1. The van der Waals surface area contributed by atoms with Crippen LogP contribution >= 0.6 is 23.5 Å². The first kappa shape index (κ1) is 31.2. The fraction of sp³-hybridized carbons (Fsp3) is 0.654. The predicted molar refractivity (Wildman–Crippen MR) is 149 cm³/mol. The minimum atomic E-state index is -1.00. The molecule has 39 heavy (non-hydrogen) atoms. The highest BCUT2D eigenvalue weighted by atomic mass is 32.2. The largest absolute Gasteiger partial charge is 0.480 e. The summed E-state index contributed by atoms with van der Waals surface area (Å²) in [6, 6.07) is 7.50. The number of hydrogen-bond donors (Lipinski definition) is 2. The Hall–Kier alpha value is -2.35. The highest BCUT2D eigenvalue weighted by Gasteiger charge is 2.50. The predicted octanol–water partition coefficient (Wildman–Crippen LogP) is 2.79. The van der Waals surface area contributed by atoms with Crippen molar-refractivity contribution in [3.05, 3.63) is 46.0 Å². The first-order valence-corrected chi connectivity index (χ1v) is 15.2. The summed E-state index contributed by atoms with van der Waals surface area (Å²) in [5.74, 6) is 0.423. The lowest BCUT2D eigenvalue weighted by Gasteiger charge is -2.25. The molecule has 216 valence electrons. The number of carboxylic acid groups (broad SMARTS) is 1. The number of benzene rings is 1. The van der Waals surface area contributed by atoms with Gasteiger partial charge in [-0.15, -0.1) is 33.6 Å². The van der Waals surface area contributed by atoms with E-state index in [0.29, 0.717) is 45.1 Å². The molecule has 0 bridgehead atoms. The molecule has 0 aliphatic carbocycles. The summed E-state index contributed by atoms with van der Waals surface area (Å²) in [6.45, 7) is 2.48. The highest BCUT2D eigenvalue weighted by Crippen LogP contribution is 2.51. The van der Waals surface area contributed by atoms with E-state index in [2.05, 4.69) is 10.2 Å². The van der Waals surface area contributed by atoms with Crippen LogP contribution in [0.4, 0.5) is 0 Å². The maximum Gasteiger partial charge on any atom is 0.323 e. The third-order valence-electron chi connectivity index (χ3n) is 6.86. The Morgan fingerprint density at radius 1 is 1.18 bits per heavy atom. The van der Waals surface area contributed by atoms with Crippen LogP contribution in [0.5, 0.6) is 0 Å². The number of nitrogens with zero attached hydrogens (tertiary/aromatic N) is 2. The lowest BCUT2D eigenvalue weighted by molar-refractivity contribution is -0.757. The lowest BCUT2D eigenvalue weighted by Crippen LogP contribution is -2.50. The van der Waals surface area contributed by atoms with Crippen LogP contribution in [0.1, 0.15) is 44.6 Å². The number of carboxylic acids is 1. The Labute approximate surface area is 236 Å². The van der Waals surface area contributed by atoms with Crippen molar-refractivity contribution in [1.82, 2.24) is 10.2 Å². The Morgan fingerprint density at radius 2 is 1.87 bits per heavy atom. The average molecular weight is 584 g/mol. The molecule has 2 heterocycles. The van der Waals surface area contributed by atoms with Crippen LogP contribution in [0.15, 0.2) is 30.3 Å². The van der Waals surface area contributed by atoms with Crippen LogP contribution in [-0.4, -0.2) is 92.8 Å². The SMILES string of the molecule is CC(NC(CCc1ccccc1)C(=O)O)C(=O)CN1CC2(CC1C(=O)OCCCCCO[N+](=O)[O-])SCCS2. The topological polar surface area (TPSA) is 148 Å². The zero-order valence-electron chi connectivity index (χ0n) is 22.1. The number of unbranched alkanes of at least 4 members (excludes halogenated alkanes) is 2. The summed E-state index contributed by atoms with van der Waals surface area (Å²) in [7, 11) is 0. The number of likely N-dealkylation sites (tertiary alicyclic amines) is 1. The first-order chi connectivity index (χ1) is 18.7. The second kappa shape index (κ2) is 15.4. The highest BCUT2D eigenvalue weighted by molar-refractivity contribution is 8.21. The molecule has 3 rings (SSSR count). The van der Waals surface area contributed by atoms with Gasteiger partial charge in [-0.1, -0.05) is 30.3 Å². The van der Waals surface area contributed by atoms with Gasteiger partial charge in [0.15, 0.2) is 5.78 Å². The van der Waals surface area contributed by atoms with Crippen molar-refractivity contribution in [2.75, 3.05) is 37.8 Å². The summed E-state index contributed by atoms with van der Waals surface area (Å²) in [6.07, 6.45) is 3.19. The van der Waals surface area contributed by atoms with Crippen LogP contribution in [0, 0.1) is 10.1 Å². The van der Waals surface area contributed by atoms with Crippen molar-refractivity contribution in [2.24, 2.45) is 0 Å². The van der Waals surface area contributed by atoms with E-state index in [1.807, 2.05) is 58.8 Å². The van der Waals surface area contributed by atoms with E-state index in [9.17, 15) is 29.6 Å². The van der Waals surface area contributed by atoms with Crippen LogP contribution in [-0.2, 0) is 30.4 Å². The Morgan fingerprint density at radius 3 is 2.54 bits per heavy atom. The number of ether oxygens (including phenoxy) is 1. The van der Waals surface area contributed by atoms with Gasteiger partial charge in [0.2, 0.25) is 0 Å². The van der Waals surface area contributed by atoms with Crippen LogP contribution < -0.4 is 5.32 Å². The molecule has 1 aromatic rings. The normalized spacial score (nSPS) is 20.0. The quantitative estimate of drug-likeness (QED) is 0.120. The van der Waals surface area contributed by atoms with E-state index < -0.39 is 29.2 Å². The molecule has 2 saturated heterocycles. The Bertz CT molecular complexity index is 977. The van der Waals surface area contributed by atoms with Gasteiger partial charge < -0.3 is 14.7 Å². The molecule has 2 N–H and O–H groups in total. The van der Waals surface area contributed by atoms with Gasteiger partial charge in [-0.05, 0) is 51.0 Å². The molecule has 13 heteroatoms. The van der Waals surface area contributed by atoms with Crippen molar-refractivity contribution in [2.45, 2.75) is 67.7 Å². The Kier molecular flexibility index (Phi) is 12.3. The molecule has 1 aromatic carbocycles. The van der Waals surface area contributed by atoms with Gasteiger partial charge in [-0.25, -0.2) is 0 Å².